The quantitative estimate of drug-likeness (QED) is 0.289. The molecule has 0 heterocycles. The molecule has 0 radical (unpaired) electrons. The summed E-state index contributed by atoms with van der Waals surface area (Å²) in [5.74, 6) is -1.15. The second kappa shape index (κ2) is 9.59. The molecule has 0 aromatic rings. The summed E-state index contributed by atoms with van der Waals surface area (Å²) in [7, 11) is 0. The third-order valence-electron chi connectivity index (χ3n) is 4.56. The molecule has 0 fully saturated rings. The first kappa shape index (κ1) is 21.2. The summed E-state index contributed by atoms with van der Waals surface area (Å²) in [5, 5.41) is 29.8. The van der Waals surface area contributed by atoms with Crippen LogP contribution in [0.15, 0.2) is 47.5 Å². The Morgan fingerprint density at radius 2 is 2.00 bits per heavy atom. The zero-order chi connectivity index (χ0) is 19.0. The van der Waals surface area contributed by atoms with Crippen LogP contribution in [0.1, 0.15) is 52.9 Å². The fourth-order valence-corrected chi connectivity index (χ4v) is 2.83. The molecule has 1 aliphatic rings. The molecule has 1 aliphatic carbocycles. The molecule has 0 aromatic carbocycles. The van der Waals surface area contributed by atoms with Gasteiger partial charge in [-0.3, -0.25) is 4.79 Å². The lowest BCUT2D eigenvalue weighted by Crippen LogP contribution is -2.49. The molecule has 0 spiro atoms. The maximum atomic E-state index is 11.9. The summed E-state index contributed by atoms with van der Waals surface area (Å²) in [4.78, 5) is 11.9. The summed E-state index contributed by atoms with van der Waals surface area (Å²) >= 11 is 0. The molecule has 5 N–H and O–H groups in total. The van der Waals surface area contributed by atoms with Gasteiger partial charge in [0, 0.05) is 12.3 Å². The lowest BCUT2D eigenvalue weighted by Gasteiger charge is -2.37. The Morgan fingerprint density at radius 3 is 2.60 bits per heavy atom. The molecule has 140 valence electrons. The Hall–Kier alpha value is -1.85. The summed E-state index contributed by atoms with van der Waals surface area (Å²) in [6.45, 7) is 5.66. The Balaban J connectivity index is 3.20. The molecule has 5 heteroatoms. The monoisotopic (exact) mass is 349 g/mol. The highest BCUT2D eigenvalue weighted by Crippen LogP contribution is 2.35. The van der Waals surface area contributed by atoms with Crippen LogP contribution in [0.25, 0.3) is 0 Å². The zero-order valence-electron chi connectivity index (χ0n) is 15.4. The number of ketones is 1. The van der Waals surface area contributed by atoms with Crippen molar-refractivity contribution in [1.29, 1.82) is 0 Å². The second-order valence-corrected chi connectivity index (χ2v) is 6.59. The van der Waals surface area contributed by atoms with Gasteiger partial charge in [-0.1, -0.05) is 44.9 Å². The largest absolute Gasteiger partial charge is 0.509 e. The van der Waals surface area contributed by atoms with Crippen LogP contribution in [-0.2, 0) is 4.79 Å². The smallest absolute Gasteiger partial charge is 0.167 e. The van der Waals surface area contributed by atoms with Crippen molar-refractivity contribution < 1.29 is 20.1 Å². The number of aliphatic hydroxyl groups is 3. The Bertz CT molecular complexity index is 589. The van der Waals surface area contributed by atoms with Gasteiger partial charge in [-0.25, -0.2) is 0 Å². The highest BCUT2D eigenvalue weighted by molar-refractivity contribution is 5.89. The van der Waals surface area contributed by atoms with Gasteiger partial charge >= 0.3 is 0 Å². The highest BCUT2D eigenvalue weighted by atomic mass is 16.4. The number of hydrogen-bond acceptors (Lipinski definition) is 5. The molecule has 0 bridgehead atoms. The van der Waals surface area contributed by atoms with Crippen LogP contribution in [0.4, 0.5) is 0 Å². The summed E-state index contributed by atoms with van der Waals surface area (Å²) in [6, 6.07) is 0. The van der Waals surface area contributed by atoms with E-state index in [0.29, 0.717) is 12.0 Å². The van der Waals surface area contributed by atoms with Crippen molar-refractivity contribution in [2.24, 2.45) is 11.7 Å². The SMILES string of the molecule is CCCC/C=C\C(/C=C\C(=O)CCC)C1(N)C=C(O)C(O)C(O)=C1C. The third-order valence-corrected chi connectivity index (χ3v) is 4.56. The number of unbranched alkanes of at least 4 members (excludes halogenated alkanes) is 2. The molecule has 0 saturated carbocycles. The van der Waals surface area contributed by atoms with Crippen LogP contribution in [0.2, 0.25) is 0 Å². The first-order chi connectivity index (χ1) is 11.8. The van der Waals surface area contributed by atoms with E-state index in [4.69, 9.17) is 5.73 Å². The summed E-state index contributed by atoms with van der Waals surface area (Å²) < 4.78 is 0. The van der Waals surface area contributed by atoms with Crippen molar-refractivity contribution >= 4 is 5.78 Å². The van der Waals surface area contributed by atoms with Crippen LogP contribution in [-0.4, -0.2) is 32.7 Å². The minimum atomic E-state index is -1.45. The van der Waals surface area contributed by atoms with Crippen LogP contribution in [0.5, 0.6) is 0 Å². The van der Waals surface area contributed by atoms with E-state index in [-0.39, 0.29) is 17.3 Å². The van der Waals surface area contributed by atoms with Crippen LogP contribution in [0, 0.1) is 5.92 Å². The first-order valence-electron chi connectivity index (χ1n) is 8.94. The van der Waals surface area contributed by atoms with Gasteiger partial charge in [0.1, 0.15) is 11.5 Å². The average molecular weight is 349 g/mol. The first-order valence-corrected chi connectivity index (χ1v) is 8.94. The van der Waals surface area contributed by atoms with E-state index in [9.17, 15) is 20.1 Å². The van der Waals surface area contributed by atoms with Crippen molar-refractivity contribution in [2.45, 2.75) is 64.5 Å². The molecule has 0 aliphatic heterocycles. The highest BCUT2D eigenvalue weighted by Gasteiger charge is 2.40. The van der Waals surface area contributed by atoms with E-state index in [2.05, 4.69) is 6.92 Å². The standard InChI is InChI=1S/C20H31NO4/c1-4-6-7-8-10-15(11-12-16(22)9-5-2)20(21)13-17(23)19(25)18(24)14(20)3/h8,10-13,15,19,23-25H,4-7,9,21H2,1-3H3/b10-8-,12-11-. The van der Waals surface area contributed by atoms with Crippen molar-refractivity contribution in [3.8, 4) is 0 Å². The number of carbonyl (C=O) groups excluding carboxylic acids is 1. The van der Waals surface area contributed by atoms with Crippen molar-refractivity contribution in [3.63, 3.8) is 0 Å². The Morgan fingerprint density at radius 1 is 1.32 bits per heavy atom. The number of aliphatic hydroxyl groups excluding tert-OH is 3. The molecule has 0 aromatic heterocycles. The van der Waals surface area contributed by atoms with Crippen LogP contribution < -0.4 is 5.73 Å². The van der Waals surface area contributed by atoms with Gasteiger partial charge in [-0.05, 0) is 37.5 Å². The molecule has 0 saturated heterocycles. The normalized spacial score (nSPS) is 25.6. The average Bonchev–Trinajstić information content (AvgIpc) is 2.57. The van der Waals surface area contributed by atoms with E-state index in [0.717, 1.165) is 25.7 Å². The maximum absolute atomic E-state index is 11.9. The van der Waals surface area contributed by atoms with Gasteiger partial charge < -0.3 is 21.1 Å². The lowest BCUT2D eigenvalue weighted by atomic mass is 9.74. The number of allylic oxidation sites excluding steroid dienone is 2. The molecule has 3 atom stereocenters. The van der Waals surface area contributed by atoms with E-state index >= 15 is 0 Å². The summed E-state index contributed by atoms with van der Waals surface area (Å²) in [5.41, 5.74) is 5.65. The van der Waals surface area contributed by atoms with Crippen LogP contribution in [0.3, 0.4) is 0 Å². The van der Waals surface area contributed by atoms with Gasteiger partial charge in [0.15, 0.2) is 11.9 Å². The topological polar surface area (TPSA) is 104 Å². The van der Waals surface area contributed by atoms with Crippen molar-refractivity contribution in [3.05, 3.63) is 47.5 Å². The van der Waals surface area contributed by atoms with Crippen LogP contribution >= 0.6 is 0 Å². The maximum Gasteiger partial charge on any atom is 0.167 e. The lowest BCUT2D eigenvalue weighted by molar-refractivity contribution is -0.114. The molecule has 0 amide bonds. The zero-order valence-corrected chi connectivity index (χ0v) is 15.4. The number of rotatable bonds is 9. The molecule has 5 nitrogen and oxygen atoms in total. The number of nitrogens with two attached hydrogens (primary N) is 1. The number of carbonyl (C=O) groups is 1. The van der Waals surface area contributed by atoms with Gasteiger partial charge in [0.2, 0.25) is 0 Å². The van der Waals surface area contributed by atoms with Gasteiger partial charge in [0.05, 0.1) is 5.54 Å². The van der Waals surface area contributed by atoms with E-state index in [1.165, 1.54) is 12.2 Å². The fraction of sp³-hybridized carbons (Fsp3) is 0.550. The van der Waals surface area contributed by atoms with Gasteiger partial charge in [0.25, 0.3) is 0 Å². The fourth-order valence-electron chi connectivity index (χ4n) is 2.83. The van der Waals surface area contributed by atoms with E-state index in [1.807, 2.05) is 19.1 Å². The Kier molecular flexibility index (Phi) is 8.13. The predicted molar refractivity (Wildman–Crippen MR) is 100 cm³/mol. The van der Waals surface area contributed by atoms with E-state index in [1.54, 1.807) is 13.0 Å². The van der Waals surface area contributed by atoms with Crippen molar-refractivity contribution in [1.82, 2.24) is 0 Å². The molecular weight excluding hydrogens is 318 g/mol. The molecule has 25 heavy (non-hydrogen) atoms. The molecular formula is C20H31NO4. The minimum Gasteiger partial charge on any atom is -0.509 e. The number of hydrogen-bond donors (Lipinski definition) is 4. The second-order valence-electron chi connectivity index (χ2n) is 6.59. The predicted octanol–water partition coefficient (Wildman–Crippen LogP) is 3.62. The van der Waals surface area contributed by atoms with Crippen molar-refractivity contribution in [2.75, 3.05) is 0 Å². The van der Waals surface area contributed by atoms with Gasteiger partial charge in [-0.2, -0.15) is 0 Å². The Labute approximate surface area is 150 Å². The van der Waals surface area contributed by atoms with E-state index < -0.39 is 17.6 Å². The summed E-state index contributed by atoms with van der Waals surface area (Å²) in [6.07, 6.45) is 11.2. The third kappa shape index (κ3) is 5.31. The molecule has 1 rings (SSSR count). The van der Waals surface area contributed by atoms with Gasteiger partial charge in [-0.15, -0.1) is 0 Å². The minimum absolute atomic E-state index is 0.00737. The molecule has 3 unspecified atom stereocenters.